The molecule has 0 rings (SSSR count). The summed E-state index contributed by atoms with van der Waals surface area (Å²) in [5, 5.41) is 16.1. The molecule has 16 heavy (non-hydrogen) atoms. The van der Waals surface area contributed by atoms with Gasteiger partial charge >= 0.3 is 11.9 Å². The fourth-order valence-corrected chi connectivity index (χ4v) is 0.793. The molecular formula is C10H19NO5. The zero-order valence-electron chi connectivity index (χ0n) is 9.60. The lowest BCUT2D eigenvalue weighted by Gasteiger charge is -1.95. The minimum absolute atomic E-state index is 0.0632. The summed E-state index contributed by atoms with van der Waals surface area (Å²) in [5.41, 5.74) is 4.85. The molecule has 0 bridgehead atoms. The molecule has 6 nitrogen and oxygen atoms in total. The van der Waals surface area contributed by atoms with Gasteiger partial charge in [0.1, 0.15) is 0 Å². The highest BCUT2D eigenvalue weighted by molar-refractivity contribution is 5.73. The Labute approximate surface area is 94.4 Å². The third-order valence-corrected chi connectivity index (χ3v) is 1.39. The summed E-state index contributed by atoms with van der Waals surface area (Å²) in [6.45, 7) is 3.93. The molecule has 0 fully saturated rings. The maximum absolute atomic E-state index is 10.0. The molecule has 0 saturated heterocycles. The Kier molecular flexibility index (Phi) is 10.5. The molecule has 1 amide bonds. The smallest absolute Gasteiger partial charge is 0.303 e. The van der Waals surface area contributed by atoms with Gasteiger partial charge in [0.15, 0.2) is 0 Å². The zero-order chi connectivity index (χ0) is 13.1. The molecule has 0 aromatic rings. The summed E-state index contributed by atoms with van der Waals surface area (Å²) in [4.78, 5) is 29.6. The van der Waals surface area contributed by atoms with E-state index in [0.717, 1.165) is 0 Å². The van der Waals surface area contributed by atoms with Crippen LogP contribution in [0.2, 0.25) is 0 Å². The van der Waals surface area contributed by atoms with Crippen LogP contribution >= 0.6 is 0 Å². The van der Waals surface area contributed by atoms with Crippen molar-refractivity contribution in [3.05, 3.63) is 0 Å². The van der Waals surface area contributed by atoms with Gasteiger partial charge in [-0.1, -0.05) is 13.8 Å². The first-order valence-corrected chi connectivity index (χ1v) is 4.97. The summed E-state index contributed by atoms with van der Waals surface area (Å²) in [6.07, 6.45) is 0.587. The highest BCUT2D eigenvalue weighted by Gasteiger charge is 1.99. The van der Waals surface area contributed by atoms with Crippen molar-refractivity contribution in [3.8, 4) is 0 Å². The summed E-state index contributed by atoms with van der Waals surface area (Å²) >= 11 is 0. The van der Waals surface area contributed by atoms with E-state index in [4.69, 9.17) is 15.9 Å². The lowest BCUT2D eigenvalue weighted by molar-refractivity contribution is -0.138. The molecule has 0 aromatic carbocycles. The van der Waals surface area contributed by atoms with E-state index in [-0.39, 0.29) is 25.2 Å². The number of carbonyl (C=O) groups is 3. The number of hydrogen-bond donors (Lipinski definition) is 3. The van der Waals surface area contributed by atoms with Gasteiger partial charge in [-0.3, -0.25) is 14.4 Å². The number of amides is 1. The van der Waals surface area contributed by atoms with Crippen LogP contribution in [-0.4, -0.2) is 28.1 Å². The Morgan fingerprint density at radius 2 is 1.44 bits per heavy atom. The monoisotopic (exact) mass is 233 g/mol. The van der Waals surface area contributed by atoms with Crippen molar-refractivity contribution >= 4 is 17.8 Å². The number of hydrogen-bond acceptors (Lipinski definition) is 3. The minimum Gasteiger partial charge on any atom is -0.481 e. The van der Waals surface area contributed by atoms with Gasteiger partial charge in [-0.2, -0.15) is 0 Å². The van der Waals surface area contributed by atoms with E-state index in [1.54, 1.807) is 0 Å². The van der Waals surface area contributed by atoms with E-state index in [0.29, 0.717) is 12.3 Å². The van der Waals surface area contributed by atoms with Crippen molar-refractivity contribution in [2.24, 2.45) is 11.7 Å². The minimum atomic E-state index is -0.948. The molecule has 0 aliphatic rings. The van der Waals surface area contributed by atoms with Crippen LogP contribution in [0.25, 0.3) is 0 Å². The molecule has 0 aromatic heterocycles. The molecule has 0 spiro atoms. The molecule has 4 N–H and O–H groups in total. The van der Waals surface area contributed by atoms with Gasteiger partial charge in [0, 0.05) is 19.3 Å². The van der Waals surface area contributed by atoms with Crippen LogP contribution in [0.3, 0.4) is 0 Å². The number of carboxylic acid groups (broad SMARTS) is 2. The van der Waals surface area contributed by atoms with E-state index in [9.17, 15) is 14.4 Å². The molecule has 0 unspecified atom stereocenters. The van der Waals surface area contributed by atoms with Crippen LogP contribution in [0.5, 0.6) is 0 Å². The number of primary amides is 1. The van der Waals surface area contributed by atoms with Gasteiger partial charge in [0.25, 0.3) is 0 Å². The highest BCUT2D eigenvalue weighted by Crippen LogP contribution is 1.95. The summed E-state index contributed by atoms with van der Waals surface area (Å²) < 4.78 is 0. The molecule has 0 aliphatic heterocycles. The average Bonchev–Trinajstić information content (AvgIpc) is 2.00. The first-order valence-electron chi connectivity index (χ1n) is 4.97. The molecule has 0 aliphatic carbocycles. The van der Waals surface area contributed by atoms with Crippen molar-refractivity contribution in [3.63, 3.8) is 0 Å². The lowest BCUT2D eigenvalue weighted by atomic mass is 10.1. The largest absolute Gasteiger partial charge is 0.481 e. The molecule has 94 valence electrons. The fourth-order valence-electron chi connectivity index (χ4n) is 0.793. The Morgan fingerprint density at radius 1 is 1.06 bits per heavy atom. The highest BCUT2D eigenvalue weighted by atomic mass is 16.4. The van der Waals surface area contributed by atoms with Crippen LogP contribution in [-0.2, 0) is 14.4 Å². The second-order valence-corrected chi connectivity index (χ2v) is 3.71. The zero-order valence-corrected chi connectivity index (χ0v) is 9.60. The molecule has 6 heteroatoms. The maximum Gasteiger partial charge on any atom is 0.303 e. The molecule has 0 radical (unpaired) electrons. The van der Waals surface area contributed by atoms with E-state index in [2.05, 4.69) is 0 Å². The second kappa shape index (κ2) is 9.95. The van der Waals surface area contributed by atoms with Gasteiger partial charge in [-0.05, 0) is 12.3 Å². The van der Waals surface area contributed by atoms with Crippen molar-refractivity contribution in [2.45, 2.75) is 39.5 Å². The third-order valence-electron chi connectivity index (χ3n) is 1.39. The van der Waals surface area contributed by atoms with Crippen molar-refractivity contribution in [2.75, 3.05) is 0 Å². The predicted molar refractivity (Wildman–Crippen MR) is 57.8 cm³/mol. The fraction of sp³-hybridized carbons (Fsp3) is 0.700. The predicted octanol–water partition coefficient (Wildman–Crippen LogP) is 0.844. The summed E-state index contributed by atoms with van der Waals surface area (Å²) in [6, 6.07) is 0. The number of aliphatic carboxylic acids is 2. The topological polar surface area (TPSA) is 118 Å². The first-order chi connectivity index (χ1) is 7.25. The van der Waals surface area contributed by atoms with Crippen molar-refractivity contribution in [1.82, 2.24) is 0 Å². The molecule has 0 atom stereocenters. The molecular weight excluding hydrogens is 214 g/mol. The first kappa shape index (κ1) is 16.8. The van der Waals surface area contributed by atoms with E-state index >= 15 is 0 Å². The number of rotatable bonds is 6. The van der Waals surface area contributed by atoms with Crippen LogP contribution in [0.4, 0.5) is 0 Å². The van der Waals surface area contributed by atoms with E-state index in [1.165, 1.54) is 0 Å². The van der Waals surface area contributed by atoms with Gasteiger partial charge < -0.3 is 15.9 Å². The number of carboxylic acids is 2. The lowest BCUT2D eigenvalue weighted by Crippen LogP contribution is -2.12. The van der Waals surface area contributed by atoms with Gasteiger partial charge in [-0.25, -0.2) is 0 Å². The van der Waals surface area contributed by atoms with E-state index < -0.39 is 11.9 Å². The van der Waals surface area contributed by atoms with Gasteiger partial charge in [0.2, 0.25) is 5.91 Å². The molecule has 0 heterocycles. The van der Waals surface area contributed by atoms with Crippen LogP contribution in [0.15, 0.2) is 0 Å². The second-order valence-electron chi connectivity index (χ2n) is 3.71. The van der Waals surface area contributed by atoms with Crippen LogP contribution < -0.4 is 5.73 Å². The van der Waals surface area contributed by atoms with Crippen LogP contribution in [0.1, 0.15) is 39.5 Å². The van der Waals surface area contributed by atoms with E-state index in [1.807, 2.05) is 13.8 Å². The number of carbonyl (C=O) groups excluding carboxylic acids is 1. The molecule has 0 saturated carbocycles. The Hall–Kier alpha value is -1.59. The quantitative estimate of drug-likeness (QED) is 0.628. The standard InChI is InChI=1S/C5H11NO.C5H8O4/c1-4(2)3-5(6)7;6-4(7)2-1-3-5(8)9/h4H,3H2,1-2H3,(H2,6,7);1-3H2,(H,6,7)(H,8,9). The maximum atomic E-state index is 10.0. The Bertz CT molecular complexity index is 223. The Morgan fingerprint density at radius 3 is 1.56 bits per heavy atom. The van der Waals surface area contributed by atoms with Gasteiger partial charge in [-0.15, -0.1) is 0 Å². The summed E-state index contributed by atoms with van der Waals surface area (Å²) in [5.74, 6) is -1.71. The van der Waals surface area contributed by atoms with Crippen LogP contribution in [0, 0.1) is 5.92 Å². The average molecular weight is 233 g/mol. The Balaban J connectivity index is 0. The van der Waals surface area contributed by atoms with Gasteiger partial charge in [0.05, 0.1) is 0 Å². The normalized spacial score (nSPS) is 9.19. The van der Waals surface area contributed by atoms with Crippen molar-refractivity contribution in [1.29, 1.82) is 0 Å². The third kappa shape index (κ3) is 22.8. The SMILES string of the molecule is CC(C)CC(N)=O.O=C(O)CCCC(=O)O. The van der Waals surface area contributed by atoms with Crippen molar-refractivity contribution < 1.29 is 24.6 Å². The summed E-state index contributed by atoms with van der Waals surface area (Å²) in [7, 11) is 0. The number of nitrogens with two attached hydrogens (primary N) is 1.